The Morgan fingerprint density at radius 1 is 0.364 bits per heavy atom. The van der Waals surface area contributed by atoms with Crippen molar-refractivity contribution in [2.24, 2.45) is 0 Å². The number of hydrogen-bond acceptors (Lipinski definition) is 1. The molecule has 0 bridgehead atoms. The van der Waals surface area contributed by atoms with E-state index in [1.54, 1.807) is 0 Å². The molecule has 3 heteroatoms. The summed E-state index contributed by atoms with van der Waals surface area (Å²) in [6.07, 6.45) is 0. The maximum atomic E-state index is 2.56. The summed E-state index contributed by atoms with van der Waals surface area (Å²) in [6, 6.07) is 72.1. The molecule has 0 fully saturated rings. The molecule has 1 aliphatic heterocycles. The second-order valence-corrected chi connectivity index (χ2v) is 15.1. The molecule has 0 saturated carbocycles. The molecule has 2 aromatic heterocycles. The van der Waals surface area contributed by atoms with Gasteiger partial charge in [-0.05, 0) is 96.8 Å². The Kier molecular flexibility index (Phi) is 6.96. The molecule has 0 N–H and O–H groups in total. The van der Waals surface area contributed by atoms with Crippen molar-refractivity contribution in [2.75, 3.05) is 4.90 Å². The number of fused-ring (bicyclic) bond motifs is 8. The fraction of sp³-hybridized carbons (Fsp3) is 0.0769. The number of para-hydroxylation sites is 4. The highest BCUT2D eigenvalue weighted by Crippen LogP contribution is 2.57. The van der Waals surface area contributed by atoms with Gasteiger partial charge in [0, 0.05) is 50.3 Å². The van der Waals surface area contributed by atoms with E-state index in [1.807, 2.05) is 0 Å². The highest BCUT2D eigenvalue weighted by atomic mass is 15.2. The van der Waals surface area contributed by atoms with Gasteiger partial charge in [-0.2, -0.15) is 0 Å². The number of aromatic nitrogens is 2. The number of rotatable bonds is 5. The Labute approximate surface area is 320 Å². The zero-order valence-electron chi connectivity index (χ0n) is 30.9. The van der Waals surface area contributed by atoms with Gasteiger partial charge < -0.3 is 14.0 Å². The van der Waals surface area contributed by atoms with Crippen molar-refractivity contribution in [1.82, 2.24) is 9.13 Å². The van der Waals surface area contributed by atoms with E-state index < -0.39 is 5.41 Å². The van der Waals surface area contributed by atoms with Crippen LogP contribution in [0.5, 0.6) is 0 Å². The van der Waals surface area contributed by atoms with Gasteiger partial charge in [0.15, 0.2) is 0 Å². The second kappa shape index (κ2) is 12.1. The lowest BCUT2D eigenvalue weighted by molar-refractivity contribution is 0.686. The topological polar surface area (TPSA) is 13.1 Å². The second-order valence-electron chi connectivity index (χ2n) is 15.1. The van der Waals surface area contributed by atoms with Gasteiger partial charge in [0.25, 0.3) is 0 Å². The van der Waals surface area contributed by atoms with E-state index in [2.05, 4.69) is 222 Å². The van der Waals surface area contributed by atoms with E-state index in [4.69, 9.17) is 0 Å². The fourth-order valence-corrected chi connectivity index (χ4v) is 9.74. The lowest BCUT2D eigenvalue weighted by Crippen LogP contribution is -2.41. The number of anilines is 2. The first-order valence-electron chi connectivity index (χ1n) is 19.3. The van der Waals surface area contributed by atoms with Crippen LogP contribution >= 0.6 is 0 Å². The Balaban J connectivity index is 1.29. The van der Waals surface area contributed by atoms with Gasteiger partial charge in [-0.3, -0.25) is 0 Å². The maximum Gasteiger partial charge on any atom is 0.0743 e. The van der Waals surface area contributed by atoms with Crippen LogP contribution in [0, 0.1) is 0 Å². The van der Waals surface area contributed by atoms with E-state index in [-0.39, 0.29) is 6.04 Å². The van der Waals surface area contributed by atoms with Gasteiger partial charge in [0.05, 0.1) is 27.5 Å². The van der Waals surface area contributed by atoms with Gasteiger partial charge in [-0.25, -0.2) is 0 Å². The third kappa shape index (κ3) is 4.44. The monoisotopic (exact) mass is 705 g/mol. The molecule has 0 spiro atoms. The van der Waals surface area contributed by atoms with Gasteiger partial charge in [-0.15, -0.1) is 0 Å². The number of hydrogen-bond donors (Lipinski definition) is 0. The molecule has 0 radical (unpaired) electrons. The molecule has 10 aromatic rings. The lowest BCUT2D eigenvalue weighted by Gasteiger charge is -2.48. The molecule has 0 saturated heterocycles. The molecule has 262 valence electrons. The van der Waals surface area contributed by atoms with Crippen molar-refractivity contribution in [3.63, 3.8) is 0 Å². The summed E-state index contributed by atoms with van der Waals surface area (Å²) >= 11 is 0. The Bertz CT molecular complexity index is 2760. The van der Waals surface area contributed by atoms with E-state index in [1.165, 1.54) is 77.2 Å². The predicted molar refractivity (Wildman–Crippen MR) is 231 cm³/mol. The van der Waals surface area contributed by atoms with Crippen LogP contribution in [0.25, 0.3) is 55.0 Å². The number of benzene rings is 8. The first-order valence-corrected chi connectivity index (χ1v) is 19.3. The lowest BCUT2D eigenvalue weighted by atomic mass is 9.62. The molecule has 8 aromatic carbocycles. The van der Waals surface area contributed by atoms with Crippen molar-refractivity contribution in [3.05, 3.63) is 216 Å². The molecule has 0 aliphatic carbocycles. The maximum absolute atomic E-state index is 2.56. The average molecular weight is 706 g/mol. The largest absolute Gasteiger partial charge is 0.338 e. The molecule has 1 aliphatic rings. The number of nitrogens with zero attached hydrogens (tertiary/aromatic N) is 3. The summed E-state index contributed by atoms with van der Waals surface area (Å²) in [7, 11) is 0. The van der Waals surface area contributed by atoms with Crippen molar-refractivity contribution in [2.45, 2.75) is 25.3 Å². The Hall–Kier alpha value is -6.84. The first kappa shape index (κ1) is 31.7. The SMILES string of the molecule is CC(C)N1c2ccc(-n3c4ccccc4c4ccccc43)cc2C(c2ccccc2)(c2ccccc2)c2cc(-n3c4ccccc4c4ccccc43)ccc21. The molecular weight excluding hydrogens is 667 g/mol. The fourth-order valence-electron chi connectivity index (χ4n) is 9.74. The standard InChI is InChI=1S/C52H39N3/c1-35(2)53-50-31-29-38(54-46-25-13-9-21-40(46)41-22-10-14-26-47(41)54)33-44(50)52(36-17-5-3-6-18-36,37-19-7-4-8-20-37)45-34-39(30-32-51(45)53)55-48-27-15-11-23-42(48)43-24-12-16-28-49(43)55/h3-35H,1-2H3. The molecule has 3 heterocycles. The zero-order chi connectivity index (χ0) is 36.7. The predicted octanol–water partition coefficient (Wildman–Crippen LogP) is 13.1. The van der Waals surface area contributed by atoms with Gasteiger partial charge in [-0.1, -0.05) is 133 Å². The van der Waals surface area contributed by atoms with Crippen molar-refractivity contribution in [1.29, 1.82) is 0 Å². The quantitative estimate of drug-likeness (QED) is 0.174. The average Bonchev–Trinajstić information content (AvgIpc) is 3.76. The van der Waals surface area contributed by atoms with Crippen LogP contribution in [-0.4, -0.2) is 15.2 Å². The highest BCUT2D eigenvalue weighted by Gasteiger charge is 2.47. The third-order valence-corrected chi connectivity index (χ3v) is 11.9. The minimum atomic E-state index is -0.637. The van der Waals surface area contributed by atoms with Gasteiger partial charge >= 0.3 is 0 Å². The minimum absolute atomic E-state index is 0.209. The molecule has 3 nitrogen and oxygen atoms in total. The van der Waals surface area contributed by atoms with Crippen LogP contribution in [0.3, 0.4) is 0 Å². The van der Waals surface area contributed by atoms with E-state index >= 15 is 0 Å². The molecule has 0 unspecified atom stereocenters. The van der Waals surface area contributed by atoms with Crippen molar-refractivity contribution >= 4 is 55.0 Å². The summed E-state index contributed by atoms with van der Waals surface area (Å²) in [5.41, 5.74) is 14.0. The van der Waals surface area contributed by atoms with Crippen LogP contribution in [0.2, 0.25) is 0 Å². The molecule has 11 rings (SSSR count). The normalized spacial score (nSPS) is 13.5. The van der Waals surface area contributed by atoms with Gasteiger partial charge in [0.2, 0.25) is 0 Å². The summed E-state index contributed by atoms with van der Waals surface area (Å²) in [5.74, 6) is 0. The Morgan fingerprint density at radius 2 is 0.691 bits per heavy atom. The van der Waals surface area contributed by atoms with Gasteiger partial charge in [0.1, 0.15) is 0 Å². The van der Waals surface area contributed by atoms with E-state index in [0.717, 1.165) is 11.4 Å². The first-order chi connectivity index (χ1) is 27.1. The summed E-state index contributed by atoms with van der Waals surface area (Å²) in [4.78, 5) is 2.56. The highest BCUT2D eigenvalue weighted by molar-refractivity contribution is 6.10. The van der Waals surface area contributed by atoms with Crippen molar-refractivity contribution in [3.8, 4) is 11.4 Å². The molecular formula is C52H39N3. The van der Waals surface area contributed by atoms with Crippen LogP contribution in [0.15, 0.2) is 194 Å². The zero-order valence-corrected chi connectivity index (χ0v) is 30.9. The van der Waals surface area contributed by atoms with Crippen LogP contribution in [0.4, 0.5) is 11.4 Å². The minimum Gasteiger partial charge on any atom is -0.338 e. The van der Waals surface area contributed by atoms with Crippen LogP contribution in [-0.2, 0) is 5.41 Å². The Morgan fingerprint density at radius 3 is 1.04 bits per heavy atom. The van der Waals surface area contributed by atoms with Crippen molar-refractivity contribution < 1.29 is 0 Å². The van der Waals surface area contributed by atoms with Crippen LogP contribution in [0.1, 0.15) is 36.1 Å². The third-order valence-electron chi connectivity index (χ3n) is 11.9. The smallest absolute Gasteiger partial charge is 0.0743 e. The molecule has 0 atom stereocenters. The molecule has 55 heavy (non-hydrogen) atoms. The molecule has 0 amide bonds. The summed E-state index contributed by atoms with van der Waals surface area (Å²) in [5, 5.41) is 5.05. The van der Waals surface area contributed by atoms with E-state index in [9.17, 15) is 0 Å². The summed E-state index contributed by atoms with van der Waals surface area (Å²) < 4.78 is 4.91. The van der Waals surface area contributed by atoms with E-state index in [0.29, 0.717) is 0 Å². The van der Waals surface area contributed by atoms with Crippen LogP contribution < -0.4 is 4.90 Å². The summed E-state index contributed by atoms with van der Waals surface area (Å²) in [6.45, 7) is 4.63.